The Kier molecular flexibility index (Phi) is 150. The summed E-state index contributed by atoms with van der Waals surface area (Å²) in [5.41, 5.74) is 0. The summed E-state index contributed by atoms with van der Waals surface area (Å²) in [4.78, 5) is 0. The summed E-state index contributed by atoms with van der Waals surface area (Å²) < 4.78 is 0. The van der Waals surface area contributed by atoms with Crippen LogP contribution in [-0.4, -0.2) is 0 Å². The molecule has 0 aromatic heterocycles. The molecule has 0 aromatic rings. The third kappa shape index (κ3) is 8.84. The van der Waals surface area contributed by atoms with Gasteiger partial charge in [-0.2, -0.15) is 0 Å². The summed E-state index contributed by atoms with van der Waals surface area (Å²) in [6.45, 7) is 0. The van der Waals surface area contributed by atoms with E-state index in [-0.39, 0.29) is 74.9 Å². The van der Waals surface area contributed by atoms with E-state index in [2.05, 4.69) is 0 Å². The molecule has 16 valence electrons. The van der Waals surface area contributed by atoms with Crippen LogP contribution < -0.4 is 0 Å². The molecule has 0 radical (unpaired) electrons. The fraction of sp³-hybridized carbons (Fsp3) is 0. The first-order valence-corrected chi connectivity index (χ1v) is 0. The topological polar surface area (TPSA) is 0 Å². The Morgan fingerprint density at radius 1 is 0.500 bits per heavy atom. The maximum atomic E-state index is 0. The van der Waals surface area contributed by atoms with Crippen LogP contribution in [0.4, 0.5) is 0 Å². The van der Waals surface area contributed by atoms with Crippen molar-refractivity contribution in [3.63, 3.8) is 0 Å². The van der Waals surface area contributed by atoms with Gasteiger partial charge in [-0.1, -0.05) is 0 Å². The normalized spacial score (nSPS) is 0. The Labute approximate surface area is 74.1 Å². The average Bonchev–Trinajstić information content (AvgIpc) is 0. The molecule has 0 aliphatic rings. The van der Waals surface area contributed by atoms with Gasteiger partial charge >= 0.3 is 0 Å². The molecule has 0 saturated carbocycles. The molecule has 0 fully saturated rings. The molecular weight excluding hydrogens is 255 g/mol. The van der Waals surface area contributed by atoms with Gasteiger partial charge in [0.05, 0.1) is 0 Å². The van der Waals surface area contributed by atoms with Gasteiger partial charge in [-0.3, -0.25) is 0 Å². The second-order valence-electron chi connectivity index (χ2n) is 0. The zero-order valence-electron chi connectivity index (χ0n) is 2.44. The molecule has 0 amide bonds. The van der Waals surface area contributed by atoms with E-state index in [0.717, 1.165) is 0 Å². The van der Waals surface area contributed by atoms with E-state index in [9.17, 15) is 0 Å². The van der Waals surface area contributed by atoms with E-state index in [1.807, 2.05) is 0 Å². The molecule has 0 spiro atoms. The predicted molar refractivity (Wildman–Crippen MR) is 0 cm³/mol. The second-order valence-corrected chi connectivity index (χ2v) is 0. The van der Waals surface area contributed by atoms with Crippen LogP contribution in [0.15, 0.2) is 0 Å². The summed E-state index contributed by atoms with van der Waals surface area (Å²) in [5, 5.41) is 0. The first-order valence-electron chi connectivity index (χ1n) is 0. The van der Waals surface area contributed by atoms with Crippen LogP contribution in [0.1, 0.15) is 0 Å². The molecule has 0 saturated heterocycles. The maximum Gasteiger partial charge on any atom is 0 e. The quantitative estimate of drug-likeness (QED) is 0.534. The van der Waals surface area contributed by atoms with Crippen molar-refractivity contribution in [2.24, 2.45) is 0 Å². The van der Waals surface area contributed by atoms with E-state index in [4.69, 9.17) is 0 Å². The molecular formula is NiZn3. The first-order chi connectivity index (χ1) is 0. The molecule has 0 atom stereocenters. The summed E-state index contributed by atoms with van der Waals surface area (Å²) in [6.07, 6.45) is 0. The van der Waals surface area contributed by atoms with Gasteiger partial charge < -0.3 is 0 Å². The molecule has 0 unspecified atom stereocenters. The summed E-state index contributed by atoms with van der Waals surface area (Å²) in [7, 11) is 0. The third-order valence-corrected chi connectivity index (χ3v) is 0. The molecule has 0 aliphatic carbocycles. The monoisotopic (exact) mass is 250 g/mol. The summed E-state index contributed by atoms with van der Waals surface area (Å²) >= 11 is 0. The minimum absolute atomic E-state index is 0. The van der Waals surface area contributed by atoms with Crippen molar-refractivity contribution in [2.75, 3.05) is 0 Å². The van der Waals surface area contributed by atoms with Crippen LogP contribution in [0, 0.1) is 0 Å². The van der Waals surface area contributed by atoms with E-state index in [1.54, 1.807) is 0 Å². The standard InChI is InChI=1S/Ni.3Zn. The molecule has 0 nitrogen and oxygen atoms in total. The smallest absolute Gasteiger partial charge is 0 e. The van der Waals surface area contributed by atoms with Crippen molar-refractivity contribution in [2.45, 2.75) is 0 Å². The molecule has 0 aliphatic heterocycles. The van der Waals surface area contributed by atoms with Gasteiger partial charge in [-0.25, -0.2) is 0 Å². The van der Waals surface area contributed by atoms with Crippen LogP contribution in [-0.2, 0) is 74.9 Å². The zero-order valence-corrected chi connectivity index (χ0v) is 12.3. The fourth-order valence-electron chi connectivity index (χ4n) is 0. The molecule has 4 heteroatoms. The van der Waals surface area contributed by atoms with Gasteiger partial charge in [0.2, 0.25) is 0 Å². The van der Waals surface area contributed by atoms with Crippen LogP contribution in [0.5, 0.6) is 0 Å². The molecule has 0 heterocycles. The molecule has 0 bridgehead atoms. The Morgan fingerprint density at radius 3 is 0.500 bits per heavy atom. The Hall–Kier alpha value is 2.36. The Balaban J connectivity index is 0. The zero-order chi connectivity index (χ0) is 0. The van der Waals surface area contributed by atoms with Gasteiger partial charge in [0.1, 0.15) is 0 Å². The van der Waals surface area contributed by atoms with E-state index >= 15 is 0 Å². The molecule has 0 rings (SSSR count). The van der Waals surface area contributed by atoms with Crippen LogP contribution in [0.2, 0.25) is 0 Å². The number of rotatable bonds is 0. The molecule has 0 aromatic carbocycles. The van der Waals surface area contributed by atoms with Gasteiger partial charge in [0.15, 0.2) is 0 Å². The maximum absolute atomic E-state index is 0. The molecule has 4 heavy (non-hydrogen) atoms. The SMILES string of the molecule is [Ni].[Zn].[Zn].[Zn]. The van der Waals surface area contributed by atoms with Crippen molar-refractivity contribution in [3.8, 4) is 0 Å². The van der Waals surface area contributed by atoms with E-state index in [1.165, 1.54) is 0 Å². The minimum Gasteiger partial charge on any atom is 0 e. The van der Waals surface area contributed by atoms with E-state index in [0.29, 0.717) is 0 Å². The largest absolute Gasteiger partial charge is 0 e. The number of hydrogen-bond acceptors (Lipinski definition) is 0. The van der Waals surface area contributed by atoms with Crippen molar-refractivity contribution < 1.29 is 74.9 Å². The van der Waals surface area contributed by atoms with Gasteiger partial charge in [0.25, 0.3) is 0 Å². The first kappa shape index (κ1) is 32.8. The third-order valence-electron chi connectivity index (χ3n) is 0. The summed E-state index contributed by atoms with van der Waals surface area (Å²) in [6, 6.07) is 0. The predicted octanol–water partition coefficient (Wildman–Crippen LogP) is -0.0100. The second kappa shape index (κ2) is 18.3. The van der Waals surface area contributed by atoms with Crippen molar-refractivity contribution in [3.05, 3.63) is 0 Å². The Morgan fingerprint density at radius 2 is 0.500 bits per heavy atom. The fourth-order valence-corrected chi connectivity index (χ4v) is 0. The van der Waals surface area contributed by atoms with Crippen LogP contribution in [0.25, 0.3) is 0 Å². The van der Waals surface area contributed by atoms with Crippen molar-refractivity contribution in [1.82, 2.24) is 0 Å². The minimum atomic E-state index is 0. The number of hydrogen-bond donors (Lipinski definition) is 0. The van der Waals surface area contributed by atoms with Crippen molar-refractivity contribution in [1.29, 1.82) is 0 Å². The van der Waals surface area contributed by atoms with Crippen LogP contribution >= 0.6 is 0 Å². The average molecular weight is 255 g/mol. The van der Waals surface area contributed by atoms with Gasteiger partial charge in [-0.15, -0.1) is 0 Å². The molecule has 0 N–H and O–H groups in total. The van der Waals surface area contributed by atoms with Crippen LogP contribution in [0.3, 0.4) is 0 Å². The van der Waals surface area contributed by atoms with Gasteiger partial charge in [0, 0.05) is 74.9 Å². The summed E-state index contributed by atoms with van der Waals surface area (Å²) in [5.74, 6) is 0. The van der Waals surface area contributed by atoms with Crippen molar-refractivity contribution >= 4 is 0 Å². The van der Waals surface area contributed by atoms with E-state index < -0.39 is 0 Å². The Bertz CT molecular complexity index is 3.25. The van der Waals surface area contributed by atoms with Gasteiger partial charge in [-0.05, 0) is 0 Å².